The fraction of sp³-hybridized carbons (Fsp3) is 0.438. The molecule has 2 aliphatic heterocycles. The van der Waals surface area contributed by atoms with Gasteiger partial charge in [0.1, 0.15) is 6.10 Å². The topological polar surface area (TPSA) is 75.7 Å². The molecule has 1 saturated heterocycles. The summed E-state index contributed by atoms with van der Waals surface area (Å²) < 4.78 is 5.27. The van der Waals surface area contributed by atoms with Gasteiger partial charge in [-0.25, -0.2) is 4.79 Å². The third-order valence-electron chi connectivity index (χ3n) is 3.84. The Balaban J connectivity index is 1.77. The van der Waals surface area contributed by atoms with Crippen LogP contribution in [0.1, 0.15) is 30.1 Å². The molecule has 6 nitrogen and oxygen atoms in total. The number of amides is 2. The van der Waals surface area contributed by atoms with Crippen LogP contribution in [0.5, 0.6) is 0 Å². The third kappa shape index (κ3) is 3.50. The van der Waals surface area contributed by atoms with Crippen molar-refractivity contribution in [1.29, 1.82) is 0 Å². The number of nitrogens with zero attached hydrogens (tertiary/aromatic N) is 1. The van der Waals surface area contributed by atoms with Crippen LogP contribution in [0.15, 0.2) is 23.1 Å². The number of benzene rings is 1. The molecule has 23 heavy (non-hydrogen) atoms. The molecule has 1 aromatic rings. The predicted octanol–water partition coefficient (Wildman–Crippen LogP) is 2.22. The number of hydrogen-bond acceptors (Lipinski definition) is 5. The van der Waals surface area contributed by atoms with Gasteiger partial charge in [-0.3, -0.25) is 14.5 Å². The number of nitrogens with one attached hydrogen (secondary N) is 1. The number of carbonyl (C=O) groups excluding carboxylic acids is 3. The van der Waals surface area contributed by atoms with E-state index in [4.69, 9.17) is 4.74 Å². The Hall–Kier alpha value is -2.02. The van der Waals surface area contributed by atoms with Crippen LogP contribution in [0.25, 0.3) is 0 Å². The van der Waals surface area contributed by atoms with Gasteiger partial charge < -0.3 is 10.1 Å². The molecule has 3 rings (SSSR count). The van der Waals surface area contributed by atoms with Gasteiger partial charge in [-0.15, -0.1) is 11.8 Å². The molecule has 2 aliphatic rings. The zero-order valence-corrected chi connectivity index (χ0v) is 13.6. The molecule has 122 valence electrons. The summed E-state index contributed by atoms with van der Waals surface area (Å²) in [6.07, 6.45) is 0.659. The van der Waals surface area contributed by atoms with E-state index in [0.717, 1.165) is 28.3 Å². The Morgan fingerprint density at radius 1 is 1.43 bits per heavy atom. The Bertz CT molecular complexity index is 661. The van der Waals surface area contributed by atoms with Crippen LogP contribution in [0, 0.1) is 0 Å². The number of hydrogen-bond donors (Lipinski definition) is 1. The number of ketones is 1. The first-order valence-corrected chi connectivity index (χ1v) is 8.56. The lowest BCUT2D eigenvalue weighted by Gasteiger charge is -2.15. The van der Waals surface area contributed by atoms with Gasteiger partial charge in [0.15, 0.2) is 5.78 Å². The number of thioether (sulfide) groups is 1. The maximum Gasteiger partial charge on any atom is 0.414 e. The van der Waals surface area contributed by atoms with Crippen molar-refractivity contribution >= 4 is 35.2 Å². The van der Waals surface area contributed by atoms with Crippen LogP contribution in [0.3, 0.4) is 0 Å². The number of carbonyl (C=O) groups is 3. The molecule has 1 unspecified atom stereocenters. The van der Waals surface area contributed by atoms with E-state index in [0.29, 0.717) is 19.5 Å². The van der Waals surface area contributed by atoms with Crippen LogP contribution >= 0.6 is 11.8 Å². The summed E-state index contributed by atoms with van der Waals surface area (Å²) in [5.74, 6) is 0.904. The number of fused-ring (bicyclic) bond motifs is 1. The van der Waals surface area contributed by atoms with Crippen molar-refractivity contribution in [2.24, 2.45) is 0 Å². The van der Waals surface area contributed by atoms with Crippen LogP contribution in [0.2, 0.25) is 0 Å². The SMILES string of the molecule is CC(=O)NCC1CN(c2ccc3c(c2)SCCCC3=O)C(=O)O1. The highest BCUT2D eigenvalue weighted by Gasteiger charge is 2.33. The number of cyclic esters (lactones) is 1. The molecule has 7 heteroatoms. The summed E-state index contributed by atoms with van der Waals surface area (Å²) in [5.41, 5.74) is 1.46. The largest absolute Gasteiger partial charge is 0.442 e. The normalized spacial score (nSPS) is 20.7. The molecular weight excluding hydrogens is 316 g/mol. The lowest BCUT2D eigenvalue weighted by atomic mass is 10.1. The zero-order valence-electron chi connectivity index (χ0n) is 12.8. The lowest BCUT2D eigenvalue weighted by Crippen LogP contribution is -2.33. The van der Waals surface area contributed by atoms with Crippen molar-refractivity contribution in [3.8, 4) is 0 Å². The van der Waals surface area contributed by atoms with Gasteiger partial charge in [-0.2, -0.15) is 0 Å². The van der Waals surface area contributed by atoms with Crippen molar-refractivity contribution in [2.45, 2.75) is 30.8 Å². The highest BCUT2D eigenvalue weighted by atomic mass is 32.2. The smallest absolute Gasteiger partial charge is 0.414 e. The third-order valence-corrected chi connectivity index (χ3v) is 4.98. The van der Waals surface area contributed by atoms with Gasteiger partial charge in [0.25, 0.3) is 0 Å². The van der Waals surface area contributed by atoms with E-state index in [9.17, 15) is 14.4 Å². The average molecular weight is 334 g/mol. The second-order valence-electron chi connectivity index (χ2n) is 5.61. The molecule has 0 radical (unpaired) electrons. The van der Waals surface area contributed by atoms with Crippen LogP contribution in [-0.2, 0) is 9.53 Å². The first-order valence-electron chi connectivity index (χ1n) is 7.57. The van der Waals surface area contributed by atoms with E-state index in [-0.39, 0.29) is 17.8 Å². The molecule has 0 bridgehead atoms. The fourth-order valence-corrected chi connectivity index (χ4v) is 3.72. The summed E-state index contributed by atoms with van der Waals surface area (Å²) in [6, 6.07) is 5.45. The van der Waals surface area contributed by atoms with Gasteiger partial charge in [0, 0.05) is 29.5 Å². The second kappa shape index (κ2) is 6.62. The Morgan fingerprint density at radius 2 is 2.26 bits per heavy atom. The maximum atomic E-state index is 12.0. The first kappa shape index (κ1) is 15.9. The summed E-state index contributed by atoms with van der Waals surface area (Å²) in [5, 5.41) is 2.65. The maximum absolute atomic E-state index is 12.0. The van der Waals surface area contributed by atoms with Gasteiger partial charge >= 0.3 is 6.09 Å². The summed E-state index contributed by atoms with van der Waals surface area (Å²) >= 11 is 1.65. The van der Waals surface area contributed by atoms with Crippen molar-refractivity contribution < 1.29 is 19.1 Å². The van der Waals surface area contributed by atoms with Crippen molar-refractivity contribution in [2.75, 3.05) is 23.7 Å². The number of rotatable bonds is 3. The quantitative estimate of drug-likeness (QED) is 0.917. The first-order chi connectivity index (χ1) is 11.0. The highest BCUT2D eigenvalue weighted by Crippen LogP contribution is 2.33. The van der Waals surface area contributed by atoms with Gasteiger partial charge in [0.2, 0.25) is 5.91 Å². The van der Waals surface area contributed by atoms with E-state index in [1.807, 2.05) is 6.07 Å². The number of Topliss-reactive ketones (excluding diaryl/α,β-unsaturated/α-hetero) is 1. The van der Waals surface area contributed by atoms with E-state index in [1.54, 1.807) is 28.8 Å². The van der Waals surface area contributed by atoms with Crippen molar-refractivity contribution in [3.05, 3.63) is 23.8 Å². The van der Waals surface area contributed by atoms with Crippen molar-refractivity contribution in [1.82, 2.24) is 5.32 Å². The highest BCUT2D eigenvalue weighted by molar-refractivity contribution is 7.99. The lowest BCUT2D eigenvalue weighted by molar-refractivity contribution is -0.119. The van der Waals surface area contributed by atoms with Crippen LogP contribution < -0.4 is 10.2 Å². The molecule has 0 aliphatic carbocycles. The Labute approximate surface area is 138 Å². The predicted molar refractivity (Wildman–Crippen MR) is 87.0 cm³/mol. The fourth-order valence-electron chi connectivity index (χ4n) is 2.67. The molecule has 1 atom stereocenters. The van der Waals surface area contributed by atoms with E-state index >= 15 is 0 Å². The molecule has 1 fully saturated rings. The second-order valence-corrected chi connectivity index (χ2v) is 6.75. The van der Waals surface area contributed by atoms with Gasteiger partial charge in [-0.1, -0.05) is 0 Å². The van der Waals surface area contributed by atoms with E-state index in [2.05, 4.69) is 5.32 Å². The van der Waals surface area contributed by atoms with Gasteiger partial charge in [0.05, 0.1) is 13.1 Å². The average Bonchev–Trinajstić information content (AvgIpc) is 2.79. The summed E-state index contributed by atoms with van der Waals surface area (Å²) in [7, 11) is 0. The number of ether oxygens (including phenoxy) is 1. The van der Waals surface area contributed by atoms with Crippen LogP contribution in [-0.4, -0.2) is 42.7 Å². The molecule has 0 spiro atoms. The summed E-state index contributed by atoms with van der Waals surface area (Å²) in [4.78, 5) is 37.5. The standard InChI is InChI=1S/C16H18N2O4S/c1-10(19)17-8-12-9-18(16(21)22-12)11-4-5-13-14(20)3-2-6-23-15(13)7-11/h4-5,7,12H,2-3,6,8-9H2,1H3,(H,17,19). The molecule has 1 N–H and O–H groups in total. The Morgan fingerprint density at radius 3 is 3.04 bits per heavy atom. The minimum absolute atomic E-state index is 0.153. The van der Waals surface area contributed by atoms with E-state index < -0.39 is 6.09 Å². The monoisotopic (exact) mass is 334 g/mol. The summed E-state index contributed by atoms with van der Waals surface area (Å²) in [6.45, 7) is 2.11. The molecule has 1 aromatic carbocycles. The minimum Gasteiger partial charge on any atom is -0.442 e. The van der Waals surface area contributed by atoms with Gasteiger partial charge in [-0.05, 0) is 30.4 Å². The van der Waals surface area contributed by atoms with E-state index in [1.165, 1.54) is 6.92 Å². The zero-order chi connectivity index (χ0) is 16.4. The molecule has 2 heterocycles. The number of anilines is 1. The molecule has 0 aromatic heterocycles. The molecular formula is C16H18N2O4S. The van der Waals surface area contributed by atoms with Crippen LogP contribution in [0.4, 0.5) is 10.5 Å². The molecule has 2 amide bonds. The molecule has 0 saturated carbocycles. The Kier molecular flexibility index (Phi) is 4.56. The van der Waals surface area contributed by atoms with Crippen molar-refractivity contribution in [3.63, 3.8) is 0 Å². The minimum atomic E-state index is -0.426.